The molecule has 1 atom stereocenters. The lowest BCUT2D eigenvalue weighted by atomic mass is 10.0. The van der Waals surface area contributed by atoms with Gasteiger partial charge in [-0.15, -0.1) is 10.2 Å². The SMILES string of the molecule is CCOc1ccccc1[C@H]1Oc2nc(SCC(C)C)nnc2-c2cc(C)ccc2N1C(=O)CC. The van der Waals surface area contributed by atoms with Gasteiger partial charge in [0.1, 0.15) is 5.75 Å². The monoisotopic (exact) mass is 478 g/mol. The number of aryl methyl sites for hydroxylation is 1. The average Bonchev–Trinajstić information content (AvgIpc) is 2.97. The zero-order valence-corrected chi connectivity index (χ0v) is 21.1. The quantitative estimate of drug-likeness (QED) is 0.396. The molecule has 2 heterocycles. The maximum absolute atomic E-state index is 13.4. The molecule has 1 aromatic heterocycles. The van der Waals surface area contributed by atoms with Gasteiger partial charge in [0.15, 0.2) is 5.69 Å². The summed E-state index contributed by atoms with van der Waals surface area (Å²) < 4.78 is 12.4. The number of carbonyl (C=O) groups excluding carboxylic acids is 1. The Labute approximate surface area is 204 Å². The van der Waals surface area contributed by atoms with E-state index in [2.05, 4.69) is 24.0 Å². The number of hydrogen-bond donors (Lipinski definition) is 0. The summed E-state index contributed by atoms with van der Waals surface area (Å²) in [6, 6.07) is 13.6. The van der Waals surface area contributed by atoms with E-state index >= 15 is 0 Å². The lowest BCUT2D eigenvalue weighted by Crippen LogP contribution is -2.37. The smallest absolute Gasteiger partial charge is 0.247 e. The van der Waals surface area contributed by atoms with Crippen LogP contribution in [0.4, 0.5) is 5.69 Å². The van der Waals surface area contributed by atoms with Crippen molar-refractivity contribution < 1.29 is 14.3 Å². The van der Waals surface area contributed by atoms with Gasteiger partial charge in [-0.1, -0.05) is 56.3 Å². The number of rotatable bonds is 7. The fourth-order valence-corrected chi connectivity index (χ4v) is 4.52. The molecule has 2 aromatic carbocycles. The molecule has 0 aliphatic carbocycles. The van der Waals surface area contributed by atoms with Gasteiger partial charge >= 0.3 is 0 Å². The number of nitrogens with zero attached hydrogens (tertiary/aromatic N) is 4. The fourth-order valence-electron chi connectivity index (χ4n) is 3.80. The Bertz CT molecular complexity index is 1180. The molecule has 1 aliphatic rings. The van der Waals surface area contributed by atoms with Crippen LogP contribution in [0.2, 0.25) is 0 Å². The molecular weight excluding hydrogens is 448 g/mol. The molecule has 8 heteroatoms. The lowest BCUT2D eigenvalue weighted by molar-refractivity contribution is -0.120. The summed E-state index contributed by atoms with van der Waals surface area (Å²) in [7, 11) is 0. The minimum Gasteiger partial charge on any atom is -0.493 e. The van der Waals surface area contributed by atoms with E-state index in [0.717, 1.165) is 22.4 Å². The number of thioether (sulfide) groups is 1. The van der Waals surface area contributed by atoms with Gasteiger partial charge < -0.3 is 9.47 Å². The topological polar surface area (TPSA) is 77.4 Å². The standard InChI is InChI=1S/C26H30N4O3S/c1-6-22(31)30-20-13-12-17(5)14-19(20)23-24(27-26(29-28-23)34-15-16(3)4)33-25(30)18-10-8-9-11-21(18)32-7-2/h8-14,16,25H,6-7,15H2,1-5H3/t25-/m1/s1. The third-order valence-corrected chi connectivity index (χ3v) is 6.63. The minimum absolute atomic E-state index is 0.0726. The second-order valence-electron chi connectivity index (χ2n) is 8.53. The molecule has 34 heavy (non-hydrogen) atoms. The Morgan fingerprint density at radius 2 is 1.97 bits per heavy atom. The zero-order valence-electron chi connectivity index (χ0n) is 20.2. The van der Waals surface area contributed by atoms with Crippen LogP contribution in [0.25, 0.3) is 11.3 Å². The predicted octanol–water partition coefficient (Wildman–Crippen LogP) is 5.83. The molecule has 0 saturated carbocycles. The van der Waals surface area contributed by atoms with Crippen molar-refractivity contribution in [3.8, 4) is 22.9 Å². The second kappa shape index (κ2) is 10.4. The molecule has 0 fully saturated rings. The van der Waals surface area contributed by atoms with Crippen LogP contribution in [0.5, 0.6) is 11.6 Å². The molecule has 4 rings (SSSR count). The number of carbonyl (C=O) groups is 1. The number of ether oxygens (including phenoxy) is 2. The molecule has 3 aromatic rings. The number of anilines is 1. The molecule has 0 N–H and O–H groups in total. The first-order valence-corrected chi connectivity index (χ1v) is 12.6. The van der Waals surface area contributed by atoms with Crippen LogP contribution in [0, 0.1) is 12.8 Å². The van der Waals surface area contributed by atoms with Gasteiger partial charge in [-0.3, -0.25) is 9.69 Å². The Morgan fingerprint density at radius 3 is 2.71 bits per heavy atom. The first-order valence-electron chi connectivity index (χ1n) is 11.6. The second-order valence-corrected chi connectivity index (χ2v) is 9.52. The molecule has 0 radical (unpaired) electrons. The van der Waals surface area contributed by atoms with E-state index in [1.54, 1.807) is 16.7 Å². The maximum Gasteiger partial charge on any atom is 0.247 e. The molecular formula is C26H30N4O3S. The Kier molecular flexibility index (Phi) is 7.36. The molecule has 0 saturated heterocycles. The highest BCUT2D eigenvalue weighted by Gasteiger charge is 2.36. The maximum atomic E-state index is 13.4. The van der Waals surface area contributed by atoms with Crippen molar-refractivity contribution in [2.24, 2.45) is 5.92 Å². The normalized spacial score (nSPS) is 14.8. The third kappa shape index (κ3) is 4.87. The predicted molar refractivity (Wildman–Crippen MR) is 134 cm³/mol. The van der Waals surface area contributed by atoms with E-state index in [1.807, 2.05) is 63.2 Å². The molecule has 1 aliphatic heterocycles. The van der Waals surface area contributed by atoms with Gasteiger partial charge in [0.2, 0.25) is 23.2 Å². The van der Waals surface area contributed by atoms with Crippen molar-refractivity contribution in [2.45, 2.75) is 52.4 Å². The summed E-state index contributed by atoms with van der Waals surface area (Å²) in [5.74, 6) is 2.30. The van der Waals surface area contributed by atoms with Crippen molar-refractivity contribution in [1.29, 1.82) is 0 Å². The molecule has 7 nitrogen and oxygen atoms in total. The average molecular weight is 479 g/mol. The summed E-state index contributed by atoms with van der Waals surface area (Å²) in [6.07, 6.45) is -0.452. The van der Waals surface area contributed by atoms with Gasteiger partial charge in [-0.2, -0.15) is 4.98 Å². The van der Waals surface area contributed by atoms with E-state index in [-0.39, 0.29) is 5.91 Å². The number of hydrogen-bond acceptors (Lipinski definition) is 7. The highest BCUT2D eigenvalue weighted by molar-refractivity contribution is 7.99. The molecule has 1 amide bonds. The van der Waals surface area contributed by atoms with Crippen LogP contribution in [0.3, 0.4) is 0 Å². The summed E-state index contributed by atoms with van der Waals surface area (Å²) >= 11 is 1.54. The summed E-state index contributed by atoms with van der Waals surface area (Å²) in [6.45, 7) is 10.6. The molecule has 178 valence electrons. The fraction of sp³-hybridized carbons (Fsp3) is 0.385. The first kappa shape index (κ1) is 24.0. The number of benzene rings is 2. The molecule has 0 unspecified atom stereocenters. The van der Waals surface area contributed by atoms with Gasteiger partial charge in [0, 0.05) is 17.7 Å². The van der Waals surface area contributed by atoms with Crippen molar-refractivity contribution in [3.05, 3.63) is 53.6 Å². The van der Waals surface area contributed by atoms with E-state index in [4.69, 9.17) is 14.5 Å². The van der Waals surface area contributed by atoms with Crippen LogP contribution < -0.4 is 14.4 Å². The lowest BCUT2D eigenvalue weighted by Gasteiger charge is -2.31. The number of amides is 1. The first-order chi connectivity index (χ1) is 16.4. The Balaban J connectivity index is 1.93. The van der Waals surface area contributed by atoms with Gasteiger partial charge in [-0.05, 0) is 44.0 Å². The van der Waals surface area contributed by atoms with Gasteiger partial charge in [0.05, 0.1) is 17.9 Å². The van der Waals surface area contributed by atoms with E-state index in [0.29, 0.717) is 47.1 Å². The number of aromatic nitrogens is 3. The van der Waals surface area contributed by atoms with Crippen LogP contribution in [0.1, 0.15) is 51.5 Å². The van der Waals surface area contributed by atoms with Crippen LogP contribution in [-0.2, 0) is 4.79 Å². The molecule has 0 bridgehead atoms. The van der Waals surface area contributed by atoms with Crippen molar-refractivity contribution in [3.63, 3.8) is 0 Å². The largest absolute Gasteiger partial charge is 0.493 e. The highest BCUT2D eigenvalue weighted by atomic mass is 32.2. The van der Waals surface area contributed by atoms with E-state index in [9.17, 15) is 4.79 Å². The van der Waals surface area contributed by atoms with Gasteiger partial charge in [-0.25, -0.2) is 0 Å². The summed E-state index contributed by atoms with van der Waals surface area (Å²) in [4.78, 5) is 19.8. The summed E-state index contributed by atoms with van der Waals surface area (Å²) in [5.41, 5.74) is 3.81. The van der Waals surface area contributed by atoms with Crippen molar-refractivity contribution >= 4 is 23.4 Å². The molecule has 0 spiro atoms. The van der Waals surface area contributed by atoms with Gasteiger partial charge in [0.25, 0.3) is 0 Å². The zero-order chi connectivity index (χ0) is 24.2. The number of para-hydroxylation sites is 1. The number of fused-ring (bicyclic) bond motifs is 3. The Hall–Kier alpha value is -3.13. The minimum atomic E-state index is -0.766. The van der Waals surface area contributed by atoms with Crippen LogP contribution >= 0.6 is 11.8 Å². The summed E-state index contributed by atoms with van der Waals surface area (Å²) in [5, 5.41) is 9.43. The van der Waals surface area contributed by atoms with Crippen molar-refractivity contribution in [2.75, 3.05) is 17.3 Å². The highest BCUT2D eigenvalue weighted by Crippen LogP contribution is 2.45. The Morgan fingerprint density at radius 1 is 1.18 bits per heavy atom. The third-order valence-electron chi connectivity index (χ3n) is 5.36. The van der Waals surface area contributed by atoms with Crippen LogP contribution in [0.15, 0.2) is 47.6 Å². The van der Waals surface area contributed by atoms with Crippen LogP contribution in [-0.4, -0.2) is 33.4 Å². The van der Waals surface area contributed by atoms with E-state index < -0.39 is 6.23 Å². The van der Waals surface area contributed by atoms with Crippen molar-refractivity contribution in [1.82, 2.24) is 15.2 Å². The van der Waals surface area contributed by atoms with E-state index in [1.165, 1.54) is 0 Å².